The van der Waals surface area contributed by atoms with Gasteiger partial charge < -0.3 is 16.0 Å². The number of amides is 2. The van der Waals surface area contributed by atoms with E-state index in [-0.39, 0.29) is 11.6 Å². The first-order chi connectivity index (χ1) is 12.1. The van der Waals surface area contributed by atoms with Crippen LogP contribution in [0.2, 0.25) is 0 Å². The molecule has 0 spiro atoms. The highest BCUT2D eigenvalue weighted by Gasteiger charge is 2.30. The van der Waals surface area contributed by atoms with Crippen molar-refractivity contribution in [1.82, 2.24) is 0 Å². The highest BCUT2D eigenvalue weighted by Crippen LogP contribution is 2.29. The molecule has 0 aliphatic rings. The van der Waals surface area contributed by atoms with Crippen molar-refractivity contribution >= 4 is 28.9 Å². The van der Waals surface area contributed by atoms with E-state index in [1.54, 1.807) is 31.2 Å². The Labute approximate surface area is 148 Å². The molecule has 5 nitrogen and oxygen atoms in total. The summed E-state index contributed by atoms with van der Waals surface area (Å²) < 4.78 is 37.6. The van der Waals surface area contributed by atoms with Crippen LogP contribution in [0.5, 0.6) is 0 Å². The molecule has 2 amide bonds. The second kappa shape index (κ2) is 7.90. The summed E-state index contributed by atoms with van der Waals surface area (Å²) in [6.45, 7) is 3.03. The average Bonchev–Trinajstić information content (AvgIpc) is 2.55. The van der Waals surface area contributed by atoms with Crippen LogP contribution in [0.25, 0.3) is 0 Å². The first-order valence-corrected chi connectivity index (χ1v) is 7.77. The van der Waals surface area contributed by atoms with Gasteiger partial charge in [-0.2, -0.15) is 13.2 Å². The van der Waals surface area contributed by atoms with E-state index >= 15 is 0 Å². The van der Waals surface area contributed by atoms with Crippen molar-refractivity contribution < 1.29 is 22.8 Å². The standard InChI is InChI=1S/C18H18F3N3O2/c1-11(22-14-7-9-15(10-8-14)23-12(2)25)17(26)24-16-5-3-13(4-6-16)18(19,20)21/h3-11,22H,1-2H3,(H,23,25)(H,24,26)/t11-/m1/s1. The molecule has 0 radical (unpaired) electrons. The molecular weight excluding hydrogens is 347 g/mol. The molecular formula is C18H18F3N3O2. The molecule has 0 fully saturated rings. The summed E-state index contributed by atoms with van der Waals surface area (Å²) in [5.41, 5.74) is 0.790. The molecule has 2 rings (SSSR count). The smallest absolute Gasteiger partial charge is 0.374 e. The van der Waals surface area contributed by atoms with Crippen molar-refractivity contribution in [1.29, 1.82) is 0 Å². The van der Waals surface area contributed by atoms with Gasteiger partial charge in [0.05, 0.1) is 5.56 Å². The summed E-state index contributed by atoms with van der Waals surface area (Å²) in [5, 5.41) is 8.16. The molecule has 0 saturated heterocycles. The molecule has 1 atom stereocenters. The molecule has 2 aromatic rings. The number of benzene rings is 2. The number of hydrogen-bond acceptors (Lipinski definition) is 3. The fourth-order valence-electron chi connectivity index (χ4n) is 2.16. The van der Waals surface area contributed by atoms with Crippen LogP contribution >= 0.6 is 0 Å². The number of carbonyl (C=O) groups excluding carboxylic acids is 2. The first-order valence-electron chi connectivity index (χ1n) is 7.77. The maximum atomic E-state index is 12.5. The first kappa shape index (κ1) is 19.3. The predicted octanol–water partition coefficient (Wildman–Crippen LogP) is 4.10. The number of hydrogen-bond donors (Lipinski definition) is 3. The average molecular weight is 365 g/mol. The molecule has 0 saturated carbocycles. The quantitative estimate of drug-likeness (QED) is 0.747. The Morgan fingerprint density at radius 1 is 0.846 bits per heavy atom. The zero-order valence-electron chi connectivity index (χ0n) is 14.1. The van der Waals surface area contributed by atoms with Crippen LogP contribution in [0, 0.1) is 0 Å². The second-order valence-corrected chi connectivity index (χ2v) is 5.69. The lowest BCUT2D eigenvalue weighted by Crippen LogP contribution is -2.31. The number of alkyl halides is 3. The number of halogens is 3. The lowest BCUT2D eigenvalue weighted by atomic mass is 10.2. The van der Waals surface area contributed by atoms with E-state index in [0.717, 1.165) is 12.1 Å². The highest BCUT2D eigenvalue weighted by molar-refractivity contribution is 5.96. The largest absolute Gasteiger partial charge is 0.416 e. The zero-order valence-corrected chi connectivity index (χ0v) is 14.1. The van der Waals surface area contributed by atoms with Gasteiger partial charge in [0, 0.05) is 24.0 Å². The van der Waals surface area contributed by atoms with Gasteiger partial charge in [-0.25, -0.2) is 0 Å². The SMILES string of the molecule is CC(=O)Nc1ccc(N[C@H](C)C(=O)Nc2ccc(C(F)(F)F)cc2)cc1. The predicted molar refractivity (Wildman–Crippen MR) is 93.9 cm³/mol. The van der Waals surface area contributed by atoms with Crippen molar-refractivity contribution in [2.24, 2.45) is 0 Å². The Morgan fingerprint density at radius 3 is 1.81 bits per heavy atom. The van der Waals surface area contributed by atoms with Gasteiger partial charge in [0.25, 0.3) is 0 Å². The van der Waals surface area contributed by atoms with Crippen LogP contribution in [0.1, 0.15) is 19.4 Å². The number of rotatable bonds is 5. The fraction of sp³-hybridized carbons (Fsp3) is 0.222. The lowest BCUT2D eigenvalue weighted by molar-refractivity contribution is -0.137. The van der Waals surface area contributed by atoms with Crippen molar-refractivity contribution in [3.05, 3.63) is 54.1 Å². The maximum absolute atomic E-state index is 12.5. The van der Waals surface area contributed by atoms with Gasteiger partial charge in [0.1, 0.15) is 6.04 Å². The Hall–Kier alpha value is -3.03. The molecule has 0 heterocycles. The molecule has 0 bridgehead atoms. The van der Waals surface area contributed by atoms with Crippen LogP contribution < -0.4 is 16.0 Å². The van der Waals surface area contributed by atoms with Gasteiger partial charge in [-0.15, -0.1) is 0 Å². The van der Waals surface area contributed by atoms with Crippen LogP contribution in [0.3, 0.4) is 0 Å². The van der Waals surface area contributed by atoms with E-state index in [4.69, 9.17) is 0 Å². The summed E-state index contributed by atoms with van der Waals surface area (Å²) in [7, 11) is 0. The van der Waals surface area contributed by atoms with Gasteiger partial charge in [0.2, 0.25) is 11.8 Å². The Bertz CT molecular complexity index is 772. The van der Waals surface area contributed by atoms with E-state index < -0.39 is 23.7 Å². The van der Waals surface area contributed by atoms with Gasteiger partial charge in [0.15, 0.2) is 0 Å². The molecule has 3 N–H and O–H groups in total. The number of carbonyl (C=O) groups is 2. The Kier molecular flexibility index (Phi) is 5.86. The van der Waals surface area contributed by atoms with E-state index in [2.05, 4.69) is 16.0 Å². The van der Waals surface area contributed by atoms with Crippen molar-refractivity contribution in [3.8, 4) is 0 Å². The molecule has 0 aromatic heterocycles. The summed E-state index contributed by atoms with van der Waals surface area (Å²) in [6, 6.07) is 10.4. The van der Waals surface area contributed by atoms with Gasteiger partial charge in [-0.05, 0) is 55.5 Å². The fourth-order valence-corrected chi connectivity index (χ4v) is 2.16. The maximum Gasteiger partial charge on any atom is 0.416 e. The lowest BCUT2D eigenvalue weighted by Gasteiger charge is -2.16. The zero-order chi connectivity index (χ0) is 19.3. The van der Waals surface area contributed by atoms with E-state index in [1.807, 2.05) is 0 Å². The molecule has 2 aromatic carbocycles. The molecule has 138 valence electrons. The minimum Gasteiger partial charge on any atom is -0.374 e. The second-order valence-electron chi connectivity index (χ2n) is 5.69. The van der Waals surface area contributed by atoms with Gasteiger partial charge >= 0.3 is 6.18 Å². The van der Waals surface area contributed by atoms with E-state index in [0.29, 0.717) is 11.4 Å². The molecule has 26 heavy (non-hydrogen) atoms. The van der Waals surface area contributed by atoms with Crippen LogP contribution in [0.4, 0.5) is 30.2 Å². The van der Waals surface area contributed by atoms with Crippen molar-refractivity contribution in [3.63, 3.8) is 0 Å². The number of anilines is 3. The monoisotopic (exact) mass is 365 g/mol. The molecule has 0 aliphatic heterocycles. The van der Waals surface area contributed by atoms with Crippen molar-refractivity contribution in [2.75, 3.05) is 16.0 Å². The molecule has 8 heteroatoms. The summed E-state index contributed by atoms with van der Waals surface area (Å²) in [5.74, 6) is -0.578. The Balaban J connectivity index is 1.94. The van der Waals surface area contributed by atoms with Crippen LogP contribution in [-0.2, 0) is 15.8 Å². The van der Waals surface area contributed by atoms with E-state index in [9.17, 15) is 22.8 Å². The van der Waals surface area contributed by atoms with Crippen molar-refractivity contribution in [2.45, 2.75) is 26.1 Å². The van der Waals surface area contributed by atoms with E-state index in [1.165, 1.54) is 19.1 Å². The third-order valence-corrected chi connectivity index (χ3v) is 3.46. The minimum atomic E-state index is -4.42. The normalized spacial score (nSPS) is 12.2. The number of nitrogens with one attached hydrogen (secondary N) is 3. The van der Waals surface area contributed by atoms with Gasteiger partial charge in [-0.3, -0.25) is 9.59 Å². The molecule has 0 unspecified atom stereocenters. The topological polar surface area (TPSA) is 70.2 Å². The third kappa shape index (κ3) is 5.51. The molecule has 0 aliphatic carbocycles. The summed E-state index contributed by atoms with van der Waals surface area (Å²) in [6.07, 6.45) is -4.42. The van der Waals surface area contributed by atoms with Crippen LogP contribution in [0.15, 0.2) is 48.5 Å². The third-order valence-electron chi connectivity index (χ3n) is 3.46. The summed E-state index contributed by atoms with van der Waals surface area (Å²) >= 11 is 0. The van der Waals surface area contributed by atoms with Gasteiger partial charge in [-0.1, -0.05) is 0 Å². The highest BCUT2D eigenvalue weighted by atomic mass is 19.4. The summed E-state index contributed by atoms with van der Waals surface area (Å²) in [4.78, 5) is 23.1. The minimum absolute atomic E-state index is 0.185. The Morgan fingerprint density at radius 2 is 1.31 bits per heavy atom. The van der Waals surface area contributed by atoms with Crippen LogP contribution in [-0.4, -0.2) is 17.9 Å².